The molecule has 0 saturated carbocycles. The van der Waals surface area contributed by atoms with E-state index in [-0.39, 0.29) is 6.42 Å². The molecular weight excluding hydrogens is 270 g/mol. The van der Waals surface area contributed by atoms with Crippen LogP contribution in [-0.4, -0.2) is 59.5 Å². The standard InChI is InChI=1S/C15H21N3O3/c16-15(21)13-4-2-1-3-12(13)11-18-9-7-17(8-10-18)6-5-14(19)20/h1-4H,5-11H2,(H2,16,21)(H,19,20). The fourth-order valence-electron chi connectivity index (χ4n) is 2.56. The molecule has 3 N–H and O–H groups in total. The van der Waals surface area contributed by atoms with Gasteiger partial charge in [-0.2, -0.15) is 0 Å². The molecular formula is C15H21N3O3. The van der Waals surface area contributed by atoms with Crippen molar-refractivity contribution in [2.45, 2.75) is 13.0 Å². The molecule has 0 spiro atoms. The highest BCUT2D eigenvalue weighted by Crippen LogP contribution is 2.13. The Balaban J connectivity index is 1.86. The molecule has 0 aliphatic carbocycles. The second-order valence-corrected chi connectivity index (χ2v) is 5.28. The number of carboxylic acids is 1. The number of carbonyl (C=O) groups is 2. The Morgan fingerprint density at radius 1 is 1.10 bits per heavy atom. The van der Waals surface area contributed by atoms with E-state index in [1.807, 2.05) is 18.2 Å². The van der Waals surface area contributed by atoms with Crippen molar-refractivity contribution in [1.29, 1.82) is 0 Å². The molecule has 1 saturated heterocycles. The van der Waals surface area contributed by atoms with Crippen molar-refractivity contribution < 1.29 is 14.7 Å². The summed E-state index contributed by atoms with van der Waals surface area (Å²) in [5.41, 5.74) is 6.91. The van der Waals surface area contributed by atoms with E-state index in [0.29, 0.717) is 18.7 Å². The van der Waals surface area contributed by atoms with Crippen LogP contribution in [0.2, 0.25) is 0 Å². The summed E-state index contributed by atoms with van der Waals surface area (Å²) in [7, 11) is 0. The molecule has 21 heavy (non-hydrogen) atoms. The molecule has 0 radical (unpaired) electrons. The van der Waals surface area contributed by atoms with Gasteiger partial charge < -0.3 is 15.7 Å². The molecule has 0 bridgehead atoms. The minimum Gasteiger partial charge on any atom is -0.481 e. The number of piperazine rings is 1. The number of nitrogens with two attached hydrogens (primary N) is 1. The first-order valence-electron chi connectivity index (χ1n) is 7.10. The summed E-state index contributed by atoms with van der Waals surface area (Å²) in [6.45, 7) is 4.74. The Morgan fingerprint density at radius 3 is 2.33 bits per heavy atom. The van der Waals surface area contributed by atoms with Crippen LogP contribution in [-0.2, 0) is 11.3 Å². The van der Waals surface area contributed by atoms with Crippen LogP contribution in [0.15, 0.2) is 24.3 Å². The van der Waals surface area contributed by atoms with Gasteiger partial charge in [0.1, 0.15) is 0 Å². The normalized spacial score (nSPS) is 16.8. The number of amides is 1. The van der Waals surface area contributed by atoms with Gasteiger partial charge in [-0.15, -0.1) is 0 Å². The maximum absolute atomic E-state index is 11.4. The lowest BCUT2D eigenvalue weighted by Gasteiger charge is -2.34. The van der Waals surface area contributed by atoms with Crippen LogP contribution in [0.1, 0.15) is 22.3 Å². The van der Waals surface area contributed by atoms with Crippen LogP contribution >= 0.6 is 0 Å². The quantitative estimate of drug-likeness (QED) is 0.791. The van der Waals surface area contributed by atoms with E-state index < -0.39 is 11.9 Å². The van der Waals surface area contributed by atoms with Crippen molar-refractivity contribution in [3.63, 3.8) is 0 Å². The minimum absolute atomic E-state index is 0.185. The highest BCUT2D eigenvalue weighted by Gasteiger charge is 2.18. The van der Waals surface area contributed by atoms with Crippen molar-refractivity contribution in [2.75, 3.05) is 32.7 Å². The van der Waals surface area contributed by atoms with Crippen LogP contribution in [0.25, 0.3) is 0 Å². The zero-order valence-electron chi connectivity index (χ0n) is 12.0. The van der Waals surface area contributed by atoms with Gasteiger partial charge in [-0.1, -0.05) is 18.2 Å². The number of hydrogen-bond acceptors (Lipinski definition) is 4. The van der Waals surface area contributed by atoms with Crippen molar-refractivity contribution in [1.82, 2.24) is 9.80 Å². The van der Waals surface area contributed by atoms with E-state index in [2.05, 4.69) is 9.80 Å². The van der Waals surface area contributed by atoms with Gasteiger partial charge in [-0.3, -0.25) is 14.5 Å². The van der Waals surface area contributed by atoms with Gasteiger partial charge in [-0.05, 0) is 11.6 Å². The zero-order chi connectivity index (χ0) is 15.2. The Hall–Kier alpha value is -1.92. The Kier molecular flexibility index (Phi) is 5.30. The fourth-order valence-corrected chi connectivity index (χ4v) is 2.56. The molecule has 1 aromatic carbocycles. The summed E-state index contributed by atoms with van der Waals surface area (Å²) in [4.78, 5) is 26.4. The number of aliphatic carboxylic acids is 1. The minimum atomic E-state index is -0.757. The van der Waals surface area contributed by atoms with Gasteiger partial charge in [-0.25, -0.2) is 0 Å². The second kappa shape index (κ2) is 7.19. The maximum atomic E-state index is 11.4. The number of hydrogen-bond donors (Lipinski definition) is 2. The number of rotatable bonds is 6. The fraction of sp³-hybridized carbons (Fsp3) is 0.467. The molecule has 0 aromatic heterocycles. The topological polar surface area (TPSA) is 86.9 Å². The number of nitrogens with zero attached hydrogens (tertiary/aromatic N) is 2. The summed E-state index contributed by atoms with van der Waals surface area (Å²) in [6, 6.07) is 7.40. The van der Waals surface area contributed by atoms with E-state index >= 15 is 0 Å². The van der Waals surface area contributed by atoms with Crippen LogP contribution in [0.3, 0.4) is 0 Å². The first-order chi connectivity index (χ1) is 10.1. The summed E-state index contributed by atoms with van der Waals surface area (Å²) in [5.74, 6) is -1.15. The second-order valence-electron chi connectivity index (χ2n) is 5.28. The van der Waals surface area contributed by atoms with E-state index in [1.54, 1.807) is 6.07 Å². The predicted molar refractivity (Wildman–Crippen MR) is 78.9 cm³/mol. The molecule has 1 fully saturated rings. The lowest BCUT2D eigenvalue weighted by atomic mass is 10.1. The third kappa shape index (κ3) is 4.54. The van der Waals surface area contributed by atoms with Gasteiger partial charge in [0.15, 0.2) is 0 Å². The molecule has 114 valence electrons. The number of carbonyl (C=O) groups excluding carboxylic acids is 1. The first kappa shape index (κ1) is 15.5. The lowest BCUT2D eigenvalue weighted by Crippen LogP contribution is -2.46. The number of benzene rings is 1. The van der Waals surface area contributed by atoms with Gasteiger partial charge in [0.2, 0.25) is 5.91 Å². The van der Waals surface area contributed by atoms with Gasteiger partial charge in [0.25, 0.3) is 0 Å². The Morgan fingerprint density at radius 2 is 1.71 bits per heavy atom. The van der Waals surface area contributed by atoms with Crippen LogP contribution in [0, 0.1) is 0 Å². The van der Waals surface area contributed by atoms with Crippen LogP contribution in [0.5, 0.6) is 0 Å². The van der Waals surface area contributed by atoms with Crippen molar-refractivity contribution in [2.24, 2.45) is 5.73 Å². The molecule has 6 nitrogen and oxygen atoms in total. The van der Waals surface area contributed by atoms with E-state index in [9.17, 15) is 9.59 Å². The highest BCUT2D eigenvalue weighted by atomic mass is 16.4. The van der Waals surface area contributed by atoms with Crippen molar-refractivity contribution in [3.05, 3.63) is 35.4 Å². The summed E-state index contributed by atoms with van der Waals surface area (Å²) in [5, 5.41) is 8.69. The first-order valence-corrected chi connectivity index (χ1v) is 7.10. The van der Waals surface area contributed by atoms with E-state index in [0.717, 1.165) is 31.7 Å². The molecule has 1 aliphatic heterocycles. The Labute approximate surface area is 124 Å². The summed E-state index contributed by atoms with van der Waals surface area (Å²) in [6.07, 6.45) is 0.185. The zero-order valence-corrected chi connectivity index (χ0v) is 12.0. The largest absolute Gasteiger partial charge is 0.481 e. The number of carboxylic acid groups (broad SMARTS) is 1. The molecule has 6 heteroatoms. The van der Waals surface area contributed by atoms with Gasteiger partial charge >= 0.3 is 5.97 Å². The molecule has 1 aromatic rings. The third-order valence-corrected chi connectivity index (χ3v) is 3.78. The summed E-state index contributed by atoms with van der Waals surface area (Å²) >= 11 is 0. The van der Waals surface area contributed by atoms with E-state index in [4.69, 9.17) is 10.8 Å². The summed E-state index contributed by atoms with van der Waals surface area (Å²) < 4.78 is 0. The lowest BCUT2D eigenvalue weighted by molar-refractivity contribution is -0.137. The van der Waals surface area contributed by atoms with Gasteiger partial charge in [0.05, 0.1) is 6.42 Å². The smallest absolute Gasteiger partial charge is 0.304 e. The van der Waals surface area contributed by atoms with Crippen LogP contribution in [0.4, 0.5) is 0 Å². The molecule has 0 atom stereocenters. The molecule has 0 unspecified atom stereocenters. The molecule has 1 heterocycles. The van der Waals surface area contributed by atoms with Crippen molar-refractivity contribution >= 4 is 11.9 Å². The molecule has 1 aliphatic rings. The van der Waals surface area contributed by atoms with E-state index in [1.165, 1.54) is 0 Å². The average molecular weight is 291 g/mol. The highest BCUT2D eigenvalue weighted by molar-refractivity contribution is 5.94. The third-order valence-electron chi connectivity index (χ3n) is 3.78. The van der Waals surface area contributed by atoms with Crippen LogP contribution < -0.4 is 5.73 Å². The Bertz CT molecular complexity index is 511. The molecule has 2 rings (SSSR count). The average Bonchev–Trinajstić information content (AvgIpc) is 2.47. The number of primary amides is 1. The maximum Gasteiger partial charge on any atom is 0.304 e. The van der Waals surface area contributed by atoms with Crippen molar-refractivity contribution in [3.8, 4) is 0 Å². The monoisotopic (exact) mass is 291 g/mol. The van der Waals surface area contributed by atoms with Gasteiger partial charge in [0, 0.05) is 44.8 Å². The molecule has 1 amide bonds. The SMILES string of the molecule is NC(=O)c1ccccc1CN1CCN(CCC(=O)O)CC1. The predicted octanol–water partition coefficient (Wildman–Crippen LogP) is 0.378.